The maximum Gasteiger partial charge on any atom is 0.316 e. The van der Waals surface area contributed by atoms with Crippen LogP contribution in [0.1, 0.15) is 89.2 Å². The Morgan fingerprint density at radius 1 is 0.625 bits per heavy atom. The van der Waals surface area contributed by atoms with E-state index in [1.54, 1.807) is 23.5 Å². The van der Waals surface area contributed by atoms with Gasteiger partial charge in [0, 0.05) is 11.5 Å². The van der Waals surface area contributed by atoms with Crippen LogP contribution in [0.4, 0.5) is 0 Å². The molecule has 0 aliphatic heterocycles. The van der Waals surface area contributed by atoms with Gasteiger partial charge in [0.25, 0.3) is 0 Å². The minimum absolute atomic E-state index is 0.0928. The zero-order chi connectivity index (χ0) is 28.0. The molecule has 3 aromatic rings. The molecule has 5 rings (SSSR count). The van der Waals surface area contributed by atoms with Gasteiger partial charge < -0.3 is 9.47 Å². The third-order valence-electron chi connectivity index (χ3n) is 9.07. The predicted molar refractivity (Wildman–Crippen MR) is 169 cm³/mol. The van der Waals surface area contributed by atoms with Crippen LogP contribution >= 0.6 is 23.5 Å². The van der Waals surface area contributed by atoms with E-state index in [2.05, 4.69) is 62.4 Å². The molecule has 0 unspecified atom stereocenters. The van der Waals surface area contributed by atoms with Crippen molar-refractivity contribution in [2.75, 3.05) is 11.5 Å². The Morgan fingerprint density at radius 2 is 0.950 bits per heavy atom. The summed E-state index contributed by atoms with van der Waals surface area (Å²) in [6.07, 6.45) is 10.4. The molecule has 0 amide bonds. The Bertz CT molecular complexity index is 1180. The average molecular weight is 579 g/mol. The van der Waals surface area contributed by atoms with Gasteiger partial charge in [0.15, 0.2) is 0 Å². The molecule has 2 fully saturated rings. The van der Waals surface area contributed by atoms with Crippen LogP contribution in [0.3, 0.4) is 0 Å². The number of fused-ring (bicyclic) bond motifs is 2. The van der Waals surface area contributed by atoms with Crippen molar-refractivity contribution in [2.45, 2.75) is 101 Å². The summed E-state index contributed by atoms with van der Waals surface area (Å²) in [4.78, 5) is 25.5. The molecular formula is C34H42O4S2. The van der Waals surface area contributed by atoms with Crippen LogP contribution in [0.25, 0.3) is 21.5 Å². The van der Waals surface area contributed by atoms with Crippen LogP contribution in [-0.4, -0.2) is 34.6 Å². The van der Waals surface area contributed by atoms with Crippen molar-refractivity contribution < 1.29 is 19.1 Å². The lowest BCUT2D eigenvalue weighted by Crippen LogP contribution is -2.31. The molecule has 0 atom stereocenters. The van der Waals surface area contributed by atoms with Crippen molar-refractivity contribution in [3.05, 3.63) is 59.7 Å². The fraction of sp³-hybridized carbons (Fsp3) is 0.529. The Kier molecular flexibility index (Phi) is 9.68. The molecule has 0 spiro atoms. The first kappa shape index (κ1) is 29.3. The molecule has 0 radical (unpaired) electrons. The van der Waals surface area contributed by atoms with Gasteiger partial charge in [-0.25, -0.2) is 0 Å². The molecule has 0 heterocycles. The highest BCUT2D eigenvalue weighted by molar-refractivity contribution is 7.99. The van der Waals surface area contributed by atoms with Crippen molar-refractivity contribution in [1.29, 1.82) is 0 Å². The first-order chi connectivity index (χ1) is 19.5. The topological polar surface area (TPSA) is 52.6 Å². The molecule has 2 saturated carbocycles. The molecule has 40 heavy (non-hydrogen) atoms. The number of carbonyl (C=O) groups is 2. The summed E-state index contributed by atoms with van der Waals surface area (Å²) in [5.41, 5.74) is 2.04. The fourth-order valence-corrected chi connectivity index (χ4v) is 8.41. The molecule has 0 bridgehead atoms. The quantitative estimate of drug-likeness (QED) is 0.158. The number of rotatable bonds is 12. The van der Waals surface area contributed by atoms with E-state index in [0.717, 1.165) is 75.7 Å². The van der Waals surface area contributed by atoms with Crippen LogP contribution in [0.15, 0.2) is 48.5 Å². The highest BCUT2D eigenvalue weighted by Crippen LogP contribution is 2.39. The third kappa shape index (κ3) is 6.49. The van der Waals surface area contributed by atoms with E-state index in [4.69, 9.17) is 9.47 Å². The van der Waals surface area contributed by atoms with Gasteiger partial charge in [-0.1, -0.05) is 62.4 Å². The first-order valence-electron chi connectivity index (χ1n) is 15.0. The Hall–Kier alpha value is -2.18. The van der Waals surface area contributed by atoms with Crippen molar-refractivity contribution in [3.63, 3.8) is 0 Å². The van der Waals surface area contributed by atoms with Crippen LogP contribution in [0.5, 0.6) is 0 Å². The Morgan fingerprint density at radius 3 is 1.25 bits per heavy atom. The molecule has 0 saturated heterocycles. The van der Waals surface area contributed by atoms with E-state index in [1.807, 2.05) is 0 Å². The average Bonchev–Trinajstić information content (AvgIpc) is 3.64. The predicted octanol–water partition coefficient (Wildman–Crippen LogP) is 8.99. The molecular weight excluding hydrogens is 537 g/mol. The largest absolute Gasteiger partial charge is 0.458 e. The lowest BCUT2D eigenvalue weighted by molar-refractivity contribution is -0.157. The van der Waals surface area contributed by atoms with E-state index in [0.29, 0.717) is 11.5 Å². The zero-order valence-corrected chi connectivity index (χ0v) is 25.6. The van der Waals surface area contributed by atoms with E-state index in [-0.39, 0.29) is 23.1 Å². The monoisotopic (exact) mass is 578 g/mol. The standard InChI is InChI=1S/C34H42O4S2/c1-3-33(17-9-10-18-33)37-31(35)23-39-21-29-25-13-5-7-15-27(25)30(28-16-8-6-14-26(28)29)22-40-24-32(36)38-34(4-2)19-11-12-20-34/h5-8,13-16H,3-4,9-12,17-24H2,1-2H3. The molecule has 0 aromatic heterocycles. The van der Waals surface area contributed by atoms with E-state index in [1.165, 1.54) is 32.7 Å². The first-order valence-corrected chi connectivity index (χ1v) is 17.3. The minimum Gasteiger partial charge on any atom is -0.458 e. The lowest BCUT2D eigenvalue weighted by Gasteiger charge is -2.27. The third-order valence-corrected chi connectivity index (χ3v) is 10.9. The zero-order valence-electron chi connectivity index (χ0n) is 24.0. The van der Waals surface area contributed by atoms with E-state index < -0.39 is 0 Å². The second-order valence-electron chi connectivity index (χ2n) is 11.5. The molecule has 0 N–H and O–H groups in total. The number of carbonyl (C=O) groups excluding carboxylic acids is 2. The number of esters is 2. The van der Waals surface area contributed by atoms with Crippen molar-refractivity contribution in [3.8, 4) is 0 Å². The summed E-state index contributed by atoms with van der Waals surface area (Å²) < 4.78 is 12.0. The number of hydrogen-bond donors (Lipinski definition) is 0. The molecule has 2 aliphatic rings. The highest BCUT2D eigenvalue weighted by Gasteiger charge is 2.36. The lowest BCUT2D eigenvalue weighted by atomic mass is 9.93. The molecule has 214 valence electrons. The highest BCUT2D eigenvalue weighted by atomic mass is 32.2. The maximum absolute atomic E-state index is 12.8. The van der Waals surface area contributed by atoms with Gasteiger partial charge in [0.1, 0.15) is 11.2 Å². The van der Waals surface area contributed by atoms with Crippen LogP contribution in [0, 0.1) is 0 Å². The van der Waals surface area contributed by atoms with E-state index in [9.17, 15) is 9.59 Å². The Labute approximate surface area is 247 Å². The van der Waals surface area contributed by atoms with Gasteiger partial charge in [-0.15, -0.1) is 23.5 Å². The van der Waals surface area contributed by atoms with Gasteiger partial charge in [-0.05, 0) is 96.9 Å². The van der Waals surface area contributed by atoms with Crippen LogP contribution < -0.4 is 0 Å². The minimum atomic E-state index is -0.239. The summed E-state index contributed by atoms with van der Waals surface area (Å²) in [5.74, 6) is 2.03. The van der Waals surface area contributed by atoms with Gasteiger partial charge in [-0.2, -0.15) is 0 Å². The normalized spacial score (nSPS) is 17.9. The van der Waals surface area contributed by atoms with Crippen LogP contribution in [-0.2, 0) is 30.6 Å². The van der Waals surface area contributed by atoms with Crippen LogP contribution in [0.2, 0.25) is 0 Å². The van der Waals surface area contributed by atoms with Gasteiger partial charge >= 0.3 is 11.9 Å². The van der Waals surface area contributed by atoms with Crippen molar-refractivity contribution in [1.82, 2.24) is 0 Å². The van der Waals surface area contributed by atoms with Gasteiger partial charge in [-0.3, -0.25) is 9.59 Å². The van der Waals surface area contributed by atoms with Gasteiger partial charge in [0.2, 0.25) is 0 Å². The molecule has 2 aliphatic carbocycles. The SMILES string of the molecule is CCC1(OC(=O)CSCc2c3ccccc3c(CSCC(=O)OC3(CC)CCCC3)c3ccccc23)CCCC1. The van der Waals surface area contributed by atoms with E-state index >= 15 is 0 Å². The summed E-state index contributed by atoms with van der Waals surface area (Å²) in [6, 6.07) is 17.1. The second-order valence-corrected chi connectivity index (χ2v) is 13.4. The smallest absolute Gasteiger partial charge is 0.316 e. The molecule has 6 heteroatoms. The number of hydrogen-bond acceptors (Lipinski definition) is 6. The number of thioether (sulfide) groups is 2. The summed E-state index contributed by atoms with van der Waals surface area (Å²) >= 11 is 3.28. The second kappa shape index (κ2) is 13.2. The van der Waals surface area contributed by atoms with Crippen molar-refractivity contribution >= 4 is 57.0 Å². The van der Waals surface area contributed by atoms with Gasteiger partial charge in [0.05, 0.1) is 11.5 Å². The number of ether oxygens (including phenoxy) is 2. The molecule has 4 nitrogen and oxygen atoms in total. The molecule has 3 aromatic carbocycles. The maximum atomic E-state index is 12.8. The fourth-order valence-electron chi connectivity index (χ4n) is 6.73. The summed E-state index contributed by atoms with van der Waals surface area (Å²) in [6.45, 7) is 4.26. The summed E-state index contributed by atoms with van der Waals surface area (Å²) in [7, 11) is 0. The number of benzene rings is 3. The van der Waals surface area contributed by atoms with Crippen molar-refractivity contribution in [2.24, 2.45) is 0 Å². The summed E-state index contributed by atoms with van der Waals surface area (Å²) in [5, 5.41) is 4.88. The Balaban J connectivity index is 1.30.